The molecule has 1 aromatic carbocycles. The van der Waals surface area contributed by atoms with Crippen LogP contribution in [0.15, 0.2) is 42.5 Å². The molecular weight excluding hydrogens is 162 g/mol. The van der Waals surface area contributed by atoms with Crippen LogP contribution >= 0.6 is 0 Å². The highest BCUT2D eigenvalue weighted by Gasteiger charge is 2.04. The van der Waals surface area contributed by atoms with Gasteiger partial charge in [0, 0.05) is 12.7 Å². The smallest absolute Gasteiger partial charge is 0.250 e. The van der Waals surface area contributed by atoms with Gasteiger partial charge >= 0.3 is 0 Å². The van der Waals surface area contributed by atoms with Gasteiger partial charge in [0.15, 0.2) is 0 Å². The number of carbonyl (C=O) groups excluding carboxylic acids is 1. The van der Waals surface area contributed by atoms with E-state index in [1.807, 2.05) is 37.3 Å². The summed E-state index contributed by atoms with van der Waals surface area (Å²) in [6.45, 7) is 1.83. The van der Waals surface area contributed by atoms with Crippen molar-refractivity contribution in [2.75, 3.05) is 11.9 Å². The van der Waals surface area contributed by atoms with E-state index in [0.29, 0.717) is 0 Å². The lowest BCUT2D eigenvalue weighted by Crippen LogP contribution is -2.23. The summed E-state index contributed by atoms with van der Waals surface area (Å²) in [4.78, 5) is 13.0. The normalized spacial score (nSPS) is 10.3. The molecule has 0 radical (unpaired) electrons. The fraction of sp³-hybridized carbons (Fsp3) is 0.182. The predicted molar refractivity (Wildman–Crippen MR) is 54.7 cm³/mol. The SMILES string of the molecule is C/C=C/C(=O)N(C)c1ccccc1. The topological polar surface area (TPSA) is 20.3 Å². The van der Waals surface area contributed by atoms with Crippen molar-refractivity contribution in [3.05, 3.63) is 42.5 Å². The third kappa shape index (κ3) is 2.44. The first-order valence-corrected chi connectivity index (χ1v) is 4.21. The van der Waals surface area contributed by atoms with Crippen LogP contribution in [-0.2, 0) is 4.79 Å². The number of amides is 1. The summed E-state index contributed by atoms with van der Waals surface area (Å²) < 4.78 is 0. The molecule has 0 aliphatic carbocycles. The largest absolute Gasteiger partial charge is 0.312 e. The molecule has 0 aromatic heterocycles. The minimum Gasteiger partial charge on any atom is -0.312 e. The van der Waals surface area contributed by atoms with E-state index in [1.165, 1.54) is 0 Å². The minimum absolute atomic E-state index is 0.00583. The van der Waals surface area contributed by atoms with Gasteiger partial charge in [-0.05, 0) is 25.1 Å². The number of nitrogens with zero attached hydrogens (tertiary/aromatic N) is 1. The highest BCUT2D eigenvalue weighted by molar-refractivity contribution is 6.00. The molecule has 0 spiro atoms. The Hall–Kier alpha value is -1.57. The first-order valence-electron chi connectivity index (χ1n) is 4.21. The zero-order valence-electron chi connectivity index (χ0n) is 7.90. The highest BCUT2D eigenvalue weighted by Crippen LogP contribution is 2.10. The van der Waals surface area contributed by atoms with Crippen LogP contribution in [0.1, 0.15) is 6.92 Å². The molecule has 2 heteroatoms. The Morgan fingerprint density at radius 1 is 1.31 bits per heavy atom. The van der Waals surface area contributed by atoms with Crippen LogP contribution in [0, 0.1) is 0 Å². The van der Waals surface area contributed by atoms with Gasteiger partial charge in [-0.2, -0.15) is 0 Å². The zero-order valence-corrected chi connectivity index (χ0v) is 7.90. The van der Waals surface area contributed by atoms with Crippen LogP contribution in [0.3, 0.4) is 0 Å². The third-order valence-corrected chi connectivity index (χ3v) is 1.78. The van der Waals surface area contributed by atoms with Crippen molar-refractivity contribution in [2.24, 2.45) is 0 Å². The lowest BCUT2D eigenvalue weighted by atomic mass is 10.3. The van der Waals surface area contributed by atoms with Crippen LogP contribution in [-0.4, -0.2) is 13.0 Å². The Bertz CT molecular complexity index is 303. The second-order valence-electron chi connectivity index (χ2n) is 2.73. The fourth-order valence-corrected chi connectivity index (χ4v) is 1.03. The first kappa shape index (κ1) is 9.52. The third-order valence-electron chi connectivity index (χ3n) is 1.78. The molecular formula is C11H13NO. The number of para-hydroxylation sites is 1. The molecule has 0 saturated heterocycles. The average molecular weight is 175 g/mol. The lowest BCUT2D eigenvalue weighted by molar-refractivity contribution is -0.113. The zero-order chi connectivity index (χ0) is 9.68. The summed E-state index contributed by atoms with van der Waals surface area (Å²) in [5, 5.41) is 0. The molecule has 1 aromatic rings. The van der Waals surface area contributed by atoms with Crippen molar-refractivity contribution in [2.45, 2.75) is 6.92 Å². The number of allylic oxidation sites excluding steroid dienone is 1. The maximum Gasteiger partial charge on any atom is 0.250 e. The van der Waals surface area contributed by atoms with Gasteiger partial charge in [-0.15, -0.1) is 0 Å². The molecule has 0 unspecified atom stereocenters. The number of hydrogen-bond donors (Lipinski definition) is 0. The summed E-state index contributed by atoms with van der Waals surface area (Å²) >= 11 is 0. The average Bonchev–Trinajstić information content (AvgIpc) is 2.18. The summed E-state index contributed by atoms with van der Waals surface area (Å²) in [5.41, 5.74) is 0.908. The first-order chi connectivity index (χ1) is 6.25. The van der Waals surface area contributed by atoms with Crippen molar-refractivity contribution in [1.82, 2.24) is 0 Å². The van der Waals surface area contributed by atoms with Gasteiger partial charge in [-0.25, -0.2) is 0 Å². The second kappa shape index (κ2) is 4.45. The molecule has 1 amide bonds. The summed E-state index contributed by atoms with van der Waals surface area (Å²) in [6, 6.07) is 9.56. The van der Waals surface area contributed by atoms with Crippen LogP contribution < -0.4 is 4.90 Å². The van der Waals surface area contributed by atoms with Crippen molar-refractivity contribution in [3.8, 4) is 0 Å². The van der Waals surface area contributed by atoms with Gasteiger partial charge in [0.25, 0.3) is 0 Å². The van der Waals surface area contributed by atoms with Crippen LogP contribution in [0.25, 0.3) is 0 Å². The summed E-state index contributed by atoms with van der Waals surface area (Å²) in [5.74, 6) is -0.00583. The quantitative estimate of drug-likeness (QED) is 0.631. The molecule has 0 N–H and O–H groups in total. The van der Waals surface area contributed by atoms with E-state index in [0.717, 1.165) is 5.69 Å². The number of carbonyl (C=O) groups is 1. The standard InChI is InChI=1S/C11H13NO/c1-3-7-11(13)12(2)10-8-5-4-6-9-10/h3-9H,1-2H3/b7-3+. The van der Waals surface area contributed by atoms with Crippen molar-refractivity contribution < 1.29 is 4.79 Å². The van der Waals surface area contributed by atoms with Crippen molar-refractivity contribution in [1.29, 1.82) is 0 Å². The van der Waals surface area contributed by atoms with E-state index in [-0.39, 0.29) is 5.91 Å². The van der Waals surface area contributed by atoms with Gasteiger partial charge in [0.1, 0.15) is 0 Å². The molecule has 0 atom stereocenters. The number of benzene rings is 1. The molecule has 13 heavy (non-hydrogen) atoms. The molecule has 1 rings (SSSR count). The molecule has 68 valence electrons. The van der Waals surface area contributed by atoms with Gasteiger partial charge in [-0.1, -0.05) is 24.3 Å². The Balaban J connectivity index is 2.79. The molecule has 0 fully saturated rings. The second-order valence-corrected chi connectivity index (χ2v) is 2.73. The Kier molecular flexibility index (Phi) is 3.26. The van der Waals surface area contributed by atoms with E-state index in [4.69, 9.17) is 0 Å². The van der Waals surface area contributed by atoms with Crippen molar-refractivity contribution >= 4 is 11.6 Å². The van der Waals surface area contributed by atoms with Gasteiger partial charge in [0.05, 0.1) is 0 Å². The van der Waals surface area contributed by atoms with E-state index in [9.17, 15) is 4.79 Å². The molecule has 2 nitrogen and oxygen atoms in total. The molecule has 0 saturated carbocycles. The van der Waals surface area contributed by atoms with Crippen LogP contribution in [0.5, 0.6) is 0 Å². The maximum absolute atomic E-state index is 11.4. The lowest BCUT2D eigenvalue weighted by Gasteiger charge is -2.14. The van der Waals surface area contributed by atoms with Gasteiger partial charge < -0.3 is 4.90 Å². The number of anilines is 1. The Morgan fingerprint density at radius 2 is 1.92 bits per heavy atom. The van der Waals surface area contributed by atoms with E-state index < -0.39 is 0 Å². The van der Waals surface area contributed by atoms with E-state index >= 15 is 0 Å². The van der Waals surface area contributed by atoms with E-state index in [1.54, 1.807) is 24.1 Å². The Morgan fingerprint density at radius 3 is 2.46 bits per heavy atom. The number of likely N-dealkylation sites (N-methyl/N-ethyl adjacent to an activating group) is 1. The molecule has 0 bridgehead atoms. The monoisotopic (exact) mass is 175 g/mol. The van der Waals surface area contributed by atoms with E-state index in [2.05, 4.69) is 0 Å². The molecule has 0 heterocycles. The van der Waals surface area contributed by atoms with Crippen molar-refractivity contribution in [3.63, 3.8) is 0 Å². The van der Waals surface area contributed by atoms with Gasteiger partial charge in [-0.3, -0.25) is 4.79 Å². The number of hydrogen-bond acceptors (Lipinski definition) is 1. The summed E-state index contributed by atoms with van der Waals surface area (Å²) in [7, 11) is 1.76. The van der Waals surface area contributed by atoms with Gasteiger partial charge in [0.2, 0.25) is 5.91 Å². The van der Waals surface area contributed by atoms with Crippen LogP contribution in [0.4, 0.5) is 5.69 Å². The van der Waals surface area contributed by atoms with Crippen LogP contribution in [0.2, 0.25) is 0 Å². The molecule has 0 aliphatic heterocycles. The highest BCUT2D eigenvalue weighted by atomic mass is 16.2. The number of rotatable bonds is 2. The Labute approximate surface area is 78.5 Å². The minimum atomic E-state index is -0.00583. The predicted octanol–water partition coefficient (Wildman–Crippen LogP) is 2.23. The fourth-order valence-electron chi connectivity index (χ4n) is 1.03. The maximum atomic E-state index is 11.4. The molecule has 0 aliphatic rings. The summed E-state index contributed by atoms with van der Waals surface area (Å²) in [6.07, 6.45) is 3.29.